The molecule has 0 radical (unpaired) electrons. The Kier molecular flexibility index (Phi) is 11.0. The minimum atomic E-state index is -1.61. The Morgan fingerprint density at radius 1 is 0.900 bits per heavy atom. The minimum absolute atomic E-state index is 0.280. The number of carbonyl (C=O) groups excluding carboxylic acids is 4. The predicted molar refractivity (Wildman–Crippen MR) is 99.4 cm³/mol. The third-order valence-electron chi connectivity index (χ3n) is 3.84. The summed E-state index contributed by atoms with van der Waals surface area (Å²) < 4.78 is 0. The molecule has 0 aliphatic rings. The number of aliphatic carboxylic acids is 2. The zero-order valence-corrected chi connectivity index (χ0v) is 16.5. The Morgan fingerprint density at radius 2 is 1.47 bits per heavy atom. The number of rotatable bonds is 13. The van der Waals surface area contributed by atoms with Crippen molar-refractivity contribution in [2.75, 3.05) is 0 Å². The number of carboxylic acids is 2. The monoisotopic (exact) mass is 433 g/mol. The maximum atomic E-state index is 12.5. The van der Waals surface area contributed by atoms with E-state index in [1.165, 1.54) is 6.92 Å². The summed E-state index contributed by atoms with van der Waals surface area (Å²) in [6.45, 7) is 2.33. The number of aliphatic hydroxyl groups is 1. The van der Waals surface area contributed by atoms with Crippen molar-refractivity contribution in [1.82, 2.24) is 16.0 Å². The molecule has 30 heavy (non-hydrogen) atoms. The molecule has 0 bridgehead atoms. The Morgan fingerprint density at radius 3 is 1.90 bits per heavy atom. The fourth-order valence-electron chi connectivity index (χ4n) is 2.14. The van der Waals surface area contributed by atoms with Crippen LogP contribution in [0.5, 0.6) is 0 Å². The molecule has 170 valence electrons. The molecule has 10 N–H and O–H groups in total. The van der Waals surface area contributed by atoms with Gasteiger partial charge in [0, 0.05) is 6.42 Å². The first kappa shape index (κ1) is 26.7. The predicted octanol–water partition coefficient (Wildman–Crippen LogP) is -4.01. The van der Waals surface area contributed by atoms with Crippen LogP contribution in [0, 0.1) is 0 Å². The Labute approximate surface area is 171 Å². The zero-order chi connectivity index (χ0) is 23.6. The highest BCUT2D eigenvalue weighted by Crippen LogP contribution is 2.03. The first-order chi connectivity index (χ1) is 13.8. The van der Waals surface area contributed by atoms with Crippen LogP contribution >= 0.6 is 0 Å². The Bertz CT molecular complexity index is 682. The molecule has 4 amide bonds. The van der Waals surface area contributed by atoms with Crippen molar-refractivity contribution < 1.29 is 44.1 Å². The van der Waals surface area contributed by atoms with E-state index in [4.69, 9.17) is 21.7 Å². The number of nitrogens with two attached hydrogens (primary N) is 2. The largest absolute Gasteiger partial charge is 0.481 e. The maximum Gasteiger partial charge on any atom is 0.325 e. The molecule has 0 heterocycles. The van der Waals surface area contributed by atoms with Gasteiger partial charge in [-0.25, -0.2) is 0 Å². The van der Waals surface area contributed by atoms with E-state index in [1.54, 1.807) is 0 Å². The van der Waals surface area contributed by atoms with Gasteiger partial charge >= 0.3 is 11.9 Å². The average molecular weight is 433 g/mol. The second-order valence-corrected chi connectivity index (χ2v) is 6.57. The van der Waals surface area contributed by atoms with Gasteiger partial charge in [0.2, 0.25) is 23.6 Å². The van der Waals surface area contributed by atoms with Gasteiger partial charge in [0.05, 0.1) is 18.6 Å². The van der Waals surface area contributed by atoms with Crippen LogP contribution in [-0.2, 0) is 28.8 Å². The summed E-state index contributed by atoms with van der Waals surface area (Å²) >= 11 is 0. The maximum absolute atomic E-state index is 12.5. The first-order valence-corrected chi connectivity index (χ1v) is 8.83. The number of carbonyl (C=O) groups is 6. The van der Waals surface area contributed by atoms with E-state index in [0.717, 1.165) is 6.92 Å². The van der Waals surface area contributed by atoms with Crippen LogP contribution in [0.1, 0.15) is 33.1 Å². The fraction of sp³-hybridized carbons (Fsp3) is 0.625. The molecule has 5 atom stereocenters. The van der Waals surface area contributed by atoms with Gasteiger partial charge in [0.25, 0.3) is 0 Å². The van der Waals surface area contributed by atoms with Crippen LogP contribution < -0.4 is 27.4 Å². The third kappa shape index (κ3) is 9.79. The van der Waals surface area contributed by atoms with E-state index in [0.29, 0.717) is 0 Å². The van der Waals surface area contributed by atoms with Crippen LogP contribution in [0.2, 0.25) is 0 Å². The van der Waals surface area contributed by atoms with E-state index < -0.39 is 72.3 Å². The number of carboxylic acid groups (broad SMARTS) is 2. The summed E-state index contributed by atoms with van der Waals surface area (Å²) in [5.74, 6) is -6.49. The van der Waals surface area contributed by atoms with Crippen molar-refractivity contribution in [3.63, 3.8) is 0 Å². The van der Waals surface area contributed by atoms with Gasteiger partial charge in [-0.3, -0.25) is 28.8 Å². The van der Waals surface area contributed by atoms with Crippen molar-refractivity contribution in [3.8, 4) is 0 Å². The number of primary amides is 1. The molecule has 0 aliphatic heterocycles. The Hall–Kier alpha value is -3.26. The highest BCUT2D eigenvalue weighted by Gasteiger charge is 2.32. The topological polar surface area (TPSA) is 251 Å². The lowest BCUT2D eigenvalue weighted by Crippen LogP contribution is -2.59. The summed E-state index contributed by atoms with van der Waals surface area (Å²) in [5.41, 5.74) is 10.4. The second kappa shape index (κ2) is 12.3. The molecule has 5 unspecified atom stereocenters. The van der Waals surface area contributed by atoms with E-state index >= 15 is 0 Å². The molecule has 0 aromatic rings. The number of nitrogens with one attached hydrogen (secondary N) is 3. The summed E-state index contributed by atoms with van der Waals surface area (Å²) in [7, 11) is 0. The van der Waals surface area contributed by atoms with Crippen LogP contribution in [0.15, 0.2) is 0 Å². The van der Waals surface area contributed by atoms with Crippen molar-refractivity contribution >= 4 is 35.6 Å². The van der Waals surface area contributed by atoms with Crippen molar-refractivity contribution in [2.24, 2.45) is 11.5 Å². The second-order valence-electron chi connectivity index (χ2n) is 6.57. The van der Waals surface area contributed by atoms with Gasteiger partial charge in [-0.05, 0) is 20.3 Å². The normalized spacial score (nSPS) is 15.6. The lowest BCUT2D eigenvalue weighted by Gasteiger charge is -2.25. The number of amides is 4. The number of hydrogen-bond donors (Lipinski definition) is 8. The fourth-order valence-corrected chi connectivity index (χ4v) is 2.14. The van der Waals surface area contributed by atoms with Crippen LogP contribution in [0.4, 0.5) is 0 Å². The highest BCUT2D eigenvalue weighted by atomic mass is 16.4. The molecule has 14 nitrogen and oxygen atoms in total. The molecule has 0 saturated carbocycles. The molecule has 0 aliphatic carbocycles. The van der Waals surface area contributed by atoms with Gasteiger partial charge in [0.15, 0.2) is 0 Å². The van der Waals surface area contributed by atoms with Gasteiger partial charge < -0.3 is 42.7 Å². The van der Waals surface area contributed by atoms with Gasteiger partial charge in [-0.2, -0.15) is 0 Å². The number of aliphatic hydroxyl groups excluding tert-OH is 1. The molecule has 0 rings (SSSR count). The quantitative estimate of drug-likeness (QED) is 0.140. The number of hydrogen-bond acceptors (Lipinski definition) is 8. The van der Waals surface area contributed by atoms with E-state index in [2.05, 4.69) is 16.0 Å². The smallest absolute Gasteiger partial charge is 0.325 e. The molecular weight excluding hydrogens is 406 g/mol. The van der Waals surface area contributed by atoms with E-state index in [1.807, 2.05) is 0 Å². The molecule has 0 spiro atoms. The van der Waals surface area contributed by atoms with Gasteiger partial charge in [-0.15, -0.1) is 0 Å². The molecule has 0 aromatic carbocycles. The summed E-state index contributed by atoms with van der Waals surface area (Å²) in [4.78, 5) is 69.3. The lowest BCUT2D eigenvalue weighted by molar-refractivity contribution is -0.142. The van der Waals surface area contributed by atoms with Crippen molar-refractivity contribution in [3.05, 3.63) is 0 Å². The molecular formula is C16H27N5O9. The first-order valence-electron chi connectivity index (χ1n) is 8.83. The third-order valence-corrected chi connectivity index (χ3v) is 3.84. The van der Waals surface area contributed by atoms with Crippen LogP contribution in [-0.4, -0.2) is 81.2 Å². The average Bonchev–Trinajstić information content (AvgIpc) is 2.61. The van der Waals surface area contributed by atoms with Crippen molar-refractivity contribution in [2.45, 2.75) is 63.4 Å². The SMILES string of the molecule is CC(NC(=O)C(CCC(N)=O)NC(=O)C(NC(=O)C(N)CC(=O)O)C(C)O)C(=O)O. The van der Waals surface area contributed by atoms with Gasteiger partial charge in [-0.1, -0.05) is 0 Å². The molecule has 14 heteroatoms. The van der Waals surface area contributed by atoms with Crippen LogP contribution in [0.25, 0.3) is 0 Å². The van der Waals surface area contributed by atoms with Gasteiger partial charge in [0.1, 0.15) is 18.1 Å². The van der Waals surface area contributed by atoms with Crippen LogP contribution in [0.3, 0.4) is 0 Å². The van der Waals surface area contributed by atoms with E-state index in [-0.39, 0.29) is 12.8 Å². The summed E-state index contributed by atoms with van der Waals surface area (Å²) in [5, 5.41) is 33.7. The van der Waals surface area contributed by atoms with E-state index in [9.17, 15) is 33.9 Å². The summed E-state index contributed by atoms with van der Waals surface area (Å²) in [6, 6.07) is -5.82. The summed E-state index contributed by atoms with van der Waals surface area (Å²) in [6.07, 6.45) is -2.80. The highest BCUT2D eigenvalue weighted by molar-refractivity contribution is 5.95. The molecule has 0 saturated heterocycles. The standard InChI is InChI=1S/C16H27N5O9/c1-6(16(29)30)19-14(27)9(3-4-10(18)23)20-15(28)12(7(2)22)21-13(26)8(17)5-11(24)25/h6-9,12,22H,3-5,17H2,1-2H3,(H2,18,23)(H,19,27)(H,20,28)(H,21,26)(H,24,25)(H,29,30). The molecule has 0 aromatic heterocycles. The Balaban J connectivity index is 5.34. The minimum Gasteiger partial charge on any atom is -0.481 e. The van der Waals surface area contributed by atoms with Crippen molar-refractivity contribution in [1.29, 1.82) is 0 Å². The lowest BCUT2D eigenvalue weighted by atomic mass is 10.1. The zero-order valence-electron chi connectivity index (χ0n) is 16.5. The molecule has 0 fully saturated rings.